The number of benzene rings is 1. The van der Waals surface area contributed by atoms with Gasteiger partial charge in [-0.05, 0) is 24.3 Å². The summed E-state index contributed by atoms with van der Waals surface area (Å²) in [5, 5.41) is 9.04. The summed E-state index contributed by atoms with van der Waals surface area (Å²) in [5.74, 6) is 1.35. The first-order chi connectivity index (χ1) is 9.90. The monoisotopic (exact) mass is 263 g/mol. The molecule has 0 amide bonds. The summed E-state index contributed by atoms with van der Waals surface area (Å²) < 4.78 is 11.3. The van der Waals surface area contributed by atoms with Crippen LogP contribution in [-0.4, -0.2) is 15.2 Å². The van der Waals surface area contributed by atoms with Gasteiger partial charge in [0, 0.05) is 17.8 Å². The molecule has 1 aromatic carbocycles. The fraction of sp³-hybridized carbons (Fsp3) is 0. The topological polar surface area (TPSA) is 65.0 Å². The summed E-state index contributed by atoms with van der Waals surface area (Å²) in [5.41, 5.74) is 1.57. The molecule has 0 aliphatic rings. The van der Waals surface area contributed by atoms with E-state index in [9.17, 15) is 0 Å². The molecule has 0 fully saturated rings. The second-order valence-corrected chi connectivity index (χ2v) is 4.30. The number of furan rings is 1. The summed E-state index contributed by atoms with van der Waals surface area (Å²) in [6, 6.07) is 13.3. The van der Waals surface area contributed by atoms with Crippen LogP contribution in [0.3, 0.4) is 0 Å². The first-order valence-corrected chi connectivity index (χ1v) is 6.13. The lowest BCUT2D eigenvalue weighted by Gasteiger charge is -1.91. The normalized spacial score (nSPS) is 11.0. The third-order valence-corrected chi connectivity index (χ3v) is 2.97. The number of hydrogen-bond donors (Lipinski definition) is 0. The van der Waals surface area contributed by atoms with Crippen molar-refractivity contribution in [2.45, 2.75) is 0 Å². The van der Waals surface area contributed by atoms with Crippen LogP contribution < -0.4 is 0 Å². The number of nitrogens with zero attached hydrogens (tertiary/aromatic N) is 3. The lowest BCUT2D eigenvalue weighted by atomic mass is 10.2. The molecule has 5 nitrogen and oxygen atoms in total. The number of hydrogen-bond acceptors (Lipinski definition) is 5. The molecule has 0 N–H and O–H groups in total. The molecule has 0 bridgehead atoms. The number of fused-ring (bicyclic) bond motifs is 1. The minimum atomic E-state index is 0.361. The van der Waals surface area contributed by atoms with E-state index >= 15 is 0 Å². The minimum Gasteiger partial charge on any atom is -0.451 e. The van der Waals surface area contributed by atoms with Crippen LogP contribution >= 0.6 is 0 Å². The molecule has 0 atom stereocenters. The summed E-state index contributed by atoms with van der Waals surface area (Å²) in [7, 11) is 0. The fourth-order valence-corrected chi connectivity index (χ4v) is 2.02. The molecule has 4 rings (SSSR count). The maximum absolute atomic E-state index is 5.69. The van der Waals surface area contributed by atoms with Gasteiger partial charge >= 0.3 is 0 Å². The van der Waals surface area contributed by atoms with Gasteiger partial charge in [0.2, 0.25) is 5.89 Å². The predicted octanol–water partition coefficient (Wildman–Crippen LogP) is 3.54. The molecule has 0 aliphatic carbocycles. The molecular weight excluding hydrogens is 254 g/mol. The van der Waals surface area contributed by atoms with Gasteiger partial charge < -0.3 is 8.83 Å². The van der Waals surface area contributed by atoms with E-state index in [2.05, 4.69) is 15.2 Å². The zero-order valence-corrected chi connectivity index (χ0v) is 10.4. The third kappa shape index (κ3) is 1.76. The van der Waals surface area contributed by atoms with Crippen LogP contribution in [0.15, 0.2) is 63.7 Å². The van der Waals surface area contributed by atoms with Gasteiger partial charge in [-0.25, -0.2) is 0 Å². The van der Waals surface area contributed by atoms with Gasteiger partial charge in [0.1, 0.15) is 5.58 Å². The average Bonchev–Trinajstić information content (AvgIpc) is 3.14. The molecular formula is C15H9N3O2. The third-order valence-electron chi connectivity index (χ3n) is 2.97. The van der Waals surface area contributed by atoms with Crippen LogP contribution in [0.4, 0.5) is 0 Å². The van der Waals surface area contributed by atoms with Gasteiger partial charge in [-0.1, -0.05) is 18.2 Å². The van der Waals surface area contributed by atoms with Crippen LogP contribution in [0.1, 0.15) is 0 Å². The van der Waals surface area contributed by atoms with E-state index < -0.39 is 0 Å². The summed E-state index contributed by atoms with van der Waals surface area (Å²) in [6.07, 6.45) is 3.37. The van der Waals surface area contributed by atoms with Crippen molar-refractivity contribution in [3.8, 4) is 23.1 Å². The van der Waals surface area contributed by atoms with E-state index in [1.54, 1.807) is 12.4 Å². The van der Waals surface area contributed by atoms with E-state index in [-0.39, 0.29) is 0 Å². The Morgan fingerprint density at radius 1 is 0.850 bits per heavy atom. The lowest BCUT2D eigenvalue weighted by molar-refractivity contribution is 0.542. The number of pyridine rings is 1. The van der Waals surface area contributed by atoms with Gasteiger partial charge in [-0.15, -0.1) is 10.2 Å². The fourth-order valence-electron chi connectivity index (χ4n) is 2.02. The first-order valence-electron chi connectivity index (χ1n) is 6.13. The molecule has 0 saturated heterocycles. The van der Waals surface area contributed by atoms with Gasteiger partial charge in [0.05, 0.1) is 5.56 Å². The van der Waals surface area contributed by atoms with Crippen LogP contribution in [0, 0.1) is 0 Å². The van der Waals surface area contributed by atoms with Crippen molar-refractivity contribution in [2.24, 2.45) is 0 Å². The van der Waals surface area contributed by atoms with Crippen molar-refractivity contribution in [1.29, 1.82) is 0 Å². The SMILES string of the molecule is c1cncc(-c2nnc(-c3cc4ccccc4o3)o2)c1. The Morgan fingerprint density at radius 3 is 2.60 bits per heavy atom. The van der Waals surface area contributed by atoms with E-state index in [1.807, 2.05) is 42.5 Å². The first kappa shape index (κ1) is 10.9. The van der Waals surface area contributed by atoms with Crippen molar-refractivity contribution in [2.75, 3.05) is 0 Å². The van der Waals surface area contributed by atoms with Crippen molar-refractivity contribution in [1.82, 2.24) is 15.2 Å². The van der Waals surface area contributed by atoms with Crippen LogP contribution in [0.25, 0.3) is 34.1 Å². The standard InChI is InChI=1S/C15H9N3O2/c1-2-6-12-10(4-1)8-13(19-12)15-18-17-14(20-15)11-5-3-7-16-9-11/h1-9H. The van der Waals surface area contributed by atoms with Crippen LogP contribution in [0.2, 0.25) is 0 Å². The molecule has 0 radical (unpaired) electrons. The molecule has 0 unspecified atom stereocenters. The summed E-state index contributed by atoms with van der Waals surface area (Å²) >= 11 is 0. The predicted molar refractivity (Wildman–Crippen MR) is 72.7 cm³/mol. The van der Waals surface area contributed by atoms with Gasteiger partial charge in [-0.2, -0.15) is 0 Å². The number of para-hydroxylation sites is 1. The van der Waals surface area contributed by atoms with Crippen molar-refractivity contribution in [3.63, 3.8) is 0 Å². The maximum atomic E-state index is 5.69. The summed E-state index contributed by atoms with van der Waals surface area (Å²) in [4.78, 5) is 4.03. The van der Waals surface area contributed by atoms with Crippen molar-refractivity contribution < 1.29 is 8.83 Å². The Balaban J connectivity index is 1.78. The van der Waals surface area contributed by atoms with Gasteiger partial charge in [-0.3, -0.25) is 4.98 Å². The number of rotatable bonds is 2. The Bertz CT molecular complexity index is 832. The molecule has 5 heteroatoms. The highest BCUT2D eigenvalue weighted by Gasteiger charge is 2.14. The second kappa shape index (κ2) is 4.31. The Kier molecular flexibility index (Phi) is 2.35. The molecule has 0 saturated carbocycles. The van der Waals surface area contributed by atoms with E-state index in [1.165, 1.54) is 0 Å². The largest absolute Gasteiger partial charge is 0.451 e. The smallest absolute Gasteiger partial charge is 0.283 e. The van der Waals surface area contributed by atoms with Gasteiger partial charge in [0.25, 0.3) is 5.89 Å². The maximum Gasteiger partial charge on any atom is 0.283 e. The Hall–Kier alpha value is -2.95. The van der Waals surface area contributed by atoms with Crippen molar-refractivity contribution in [3.05, 3.63) is 54.9 Å². The van der Waals surface area contributed by atoms with E-state index in [0.717, 1.165) is 16.5 Å². The van der Waals surface area contributed by atoms with E-state index in [0.29, 0.717) is 17.5 Å². The molecule has 0 spiro atoms. The quantitative estimate of drug-likeness (QED) is 0.553. The lowest BCUT2D eigenvalue weighted by Crippen LogP contribution is -1.78. The molecule has 3 heterocycles. The highest BCUT2D eigenvalue weighted by molar-refractivity contribution is 5.81. The highest BCUT2D eigenvalue weighted by Crippen LogP contribution is 2.28. The molecule has 4 aromatic rings. The molecule has 20 heavy (non-hydrogen) atoms. The Labute approximate surface area is 113 Å². The molecule has 96 valence electrons. The average molecular weight is 263 g/mol. The van der Waals surface area contributed by atoms with Crippen LogP contribution in [0.5, 0.6) is 0 Å². The van der Waals surface area contributed by atoms with Crippen molar-refractivity contribution >= 4 is 11.0 Å². The number of aromatic nitrogens is 3. The van der Waals surface area contributed by atoms with Gasteiger partial charge in [0.15, 0.2) is 5.76 Å². The Morgan fingerprint density at radius 2 is 1.75 bits per heavy atom. The highest BCUT2D eigenvalue weighted by atomic mass is 16.4. The second-order valence-electron chi connectivity index (χ2n) is 4.30. The molecule has 0 aliphatic heterocycles. The zero-order chi connectivity index (χ0) is 13.4. The van der Waals surface area contributed by atoms with E-state index in [4.69, 9.17) is 8.83 Å². The zero-order valence-electron chi connectivity index (χ0n) is 10.4. The molecule has 3 aromatic heterocycles. The minimum absolute atomic E-state index is 0.361. The van der Waals surface area contributed by atoms with Crippen LogP contribution in [-0.2, 0) is 0 Å². The summed E-state index contributed by atoms with van der Waals surface area (Å²) in [6.45, 7) is 0.